The molecule has 0 radical (unpaired) electrons. The van der Waals surface area contributed by atoms with Crippen molar-refractivity contribution in [1.29, 1.82) is 0 Å². The second-order valence-electron chi connectivity index (χ2n) is 8.16. The summed E-state index contributed by atoms with van der Waals surface area (Å²) in [5.74, 6) is 1.07. The molecule has 2 aliphatic rings. The Morgan fingerprint density at radius 3 is 2.85 bits per heavy atom. The van der Waals surface area contributed by atoms with Gasteiger partial charge >= 0.3 is 0 Å². The van der Waals surface area contributed by atoms with E-state index in [-0.39, 0.29) is 17.0 Å². The molecule has 1 fully saturated rings. The number of fused-ring (bicyclic) bond motifs is 1. The largest absolute Gasteiger partial charge is 0.384 e. The summed E-state index contributed by atoms with van der Waals surface area (Å²) < 4.78 is 5.06. The molecule has 1 unspecified atom stereocenters. The van der Waals surface area contributed by atoms with Gasteiger partial charge in [0.2, 0.25) is 5.91 Å². The van der Waals surface area contributed by atoms with Gasteiger partial charge in [-0.1, -0.05) is 18.2 Å². The van der Waals surface area contributed by atoms with Crippen molar-refractivity contribution >= 4 is 17.4 Å². The van der Waals surface area contributed by atoms with Crippen molar-refractivity contribution in [3.8, 4) is 0 Å². The number of nitrogens with zero attached hydrogens (tertiary/aromatic N) is 2. The molecule has 0 bridgehead atoms. The molecule has 2 heterocycles. The number of nitrogens with one attached hydrogen (secondary N) is 2. The van der Waals surface area contributed by atoms with Gasteiger partial charge in [-0.25, -0.2) is 0 Å². The van der Waals surface area contributed by atoms with Crippen LogP contribution in [0.3, 0.4) is 0 Å². The molecule has 3 rings (SSSR count). The van der Waals surface area contributed by atoms with E-state index in [1.165, 1.54) is 5.56 Å². The van der Waals surface area contributed by atoms with Crippen molar-refractivity contribution in [2.24, 2.45) is 4.99 Å². The third-order valence-corrected chi connectivity index (χ3v) is 4.93. The molecular formula is C20H30N4O2. The highest BCUT2D eigenvalue weighted by atomic mass is 16.5. The van der Waals surface area contributed by atoms with E-state index in [2.05, 4.69) is 49.6 Å². The number of rotatable bonds is 3. The molecule has 0 aromatic heterocycles. The number of methoxy groups -OCH3 is 1. The fourth-order valence-corrected chi connectivity index (χ4v) is 3.57. The van der Waals surface area contributed by atoms with Crippen molar-refractivity contribution in [2.75, 3.05) is 32.1 Å². The molecule has 1 amide bonds. The van der Waals surface area contributed by atoms with Gasteiger partial charge in [-0.15, -0.1) is 0 Å². The van der Waals surface area contributed by atoms with Gasteiger partial charge in [0.05, 0.1) is 24.1 Å². The molecule has 1 saturated heterocycles. The molecule has 0 aliphatic carbocycles. The van der Waals surface area contributed by atoms with Gasteiger partial charge in [0, 0.05) is 32.4 Å². The van der Waals surface area contributed by atoms with E-state index < -0.39 is 0 Å². The van der Waals surface area contributed by atoms with E-state index in [0.717, 1.165) is 31.0 Å². The van der Waals surface area contributed by atoms with Crippen molar-refractivity contribution in [2.45, 2.75) is 51.2 Å². The summed E-state index contributed by atoms with van der Waals surface area (Å²) in [6.07, 6.45) is 1.27. The predicted molar refractivity (Wildman–Crippen MR) is 105 cm³/mol. The van der Waals surface area contributed by atoms with Crippen molar-refractivity contribution in [3.05, 3.63) is 29.8 Å². The number of carbonyl (C=O) groups excluding carboxylic acids is 1. The number of ether oxygens (including phenoxy) is 1. The molecule has 6 heteroatoms. The van der Waals surface area contributed by atoms with Crippen LogP contribution < -0.4 is 10.6 Å². The molecule has 1 aromatic carbocycles. The fourth-order valence-electron chi connectivity index (χ4n) is 3.57. The SMILES string of the molecule is COCCC(=O)N1CCC2(C1)NCc1ccccc1NC2=NC(C)(C)C. The first-order valence-corrected chi connectivity index (χ1v) is 9.30. The van der Waals surface area contributed by atoms with Crippen LogP contribution in [-0.2, 0) is 16.1 Å². The topological polar surface area (TPSA) is 66.0 Å². The maximum Gasteiger partial charge on any atom is 0.224 e. The number of benzene rings is 1. The second kappa shape index (κ2) is 7.37. The van der Waals surface area contributed by atoms with Crippen LogP contribution in [0.1, 0.15) is 39.2 Å². The zero-order chi connectivity index (χ0) is 18.8. The van der Waals surface area contributed by atoms with E-state index in [9.17, 15) is 4.79 Å². The normalized spacial score (nSPS) is 24.5. The first kappa shape index (κ1) is 18.9. The Morgan fingerprint density at radius 1 is 1.35 bits per heavy atom. The molecule has 0 saturated carbocycles. The van der Waals surface area contributed by atoms with Crippen LogP contribution in [0.15, 0.2) is 29.3 Å². The predicted octanol–water partition coefficient (Wildman–Crippen LogP) is 2.41. The first-order chi connectivity index (χ1) is 12.3. The Balaban J connectivity index is 1.89. The summed E-state index contributed by atoms with van der Waals surface area (Å²) in [6, 6.07) is 8.30. The molecule has 1 spiro atoms. The van der Waals surface area contributed by atoms with Crippen molar-refractivity contribution in [3.63, 3.8) is 0 Å². The Hall–Kier alpha value is -1.92. The van der Waals surface area contributed by atoms with Crippen LogP contribution in [0.2, 0.25) is 0 Å². The van der Waals surface area contributed by atoms with Gasteiger partial charge in [0.15, 0.2) is 0 Å². The Kier molecular flexibility index (Phi) is 5.34. The van der Waals surface area contributed by atoms with Crippen LogP contribution in [0.5, 0.6) is 0 Å². The molecule has 6 nitrogen and oxygen atoms in total. The minimum atomic E-state index is -0.338. The van der Waals surface area contributed by atoms with E-state index in [0.29, 0.717) is 19.6 Å². The summed E-state index contributed by atoms with van der Waals surface area (Å²) in [4.78, 5) is 19.4. The highest BCUT2D eigenvalue weighted by Crippen LogP contribution is 2.31. The summed E-state index contributed by atoms with van der Waals surface area (Å²) in [6.45, 7) is 8.88. The van der Waals surface area contributed by atoms with Crippen molar-refractivity contribution < 1.29 is 9.53 Å². The number of hydrogen-bond donors (Lipinski definition) is 2. The van der Waals surface area contributed by atoms with Gasteiger partial charge in [0.25, 0.3) is 0 Å². The van der Waals surface area contributed by atoms with Crippen LogP contribution >= 0.6 is 0 Å². The maximum atomic E-state index is 12.5. The molecule has 142 valence electrons. The monoisotopic (exact) mass is 358 g/mol. The lowest BCUT2D eigenvalue weighted by molar-refractivity contribution is -0.131. The van der Waals surface area contributed by atoms with Crippen LogP contribution in [0, 0.1) is 0 Å². The number of amides is 1. The average molecular weight is 358 g/mol. The molecule has 1 aromatic rings. The summed E-state index contributed by atoms with van der Waals surface area (Å²) in [5, 5.41) is 7.28. The Bertz CT molecular complexity index is 695. The number of carbonyl (C=O) groups is 1. The summed E-state index contributed by atoms with van der Waals surface area (Å²) >= 11 is 0. The van der Waals surface area contributed by atoms with Gasteiger partial charge in [-0.3, -0.25) is 15.1 Å². The van der Waals surface area contributed by atoms with Crippen LogP contribution in [-0.4, -0.2) is 54.5 Å². The van der Waals surface area contributed by atoms with Crippen LogP contribution in [0.25, 0.3) is 0 Å². The van der Waals surface area contributed by atoms with Gasteiger partial charge in [-0.05, 0) is 38.8 Å². The first-order valence-electron chi connectivity index (χ1n) is 9.30. The number of likely N-dealkylation sites (tertiary alicyclic amines) is 1. The zero-order valence-corrected chi connectivity index (χ0v) is 16.3. The fraction of sp³-hybridized carbons (Fsp3) is 0.600. The molecule has 1 atom stereocenters. The van der Waals surface area contributed by atoms with Gasteiger partial charge in [-0.2, -0.15) is 0 Å². The summed E-state index contributed by atoms with van der Waals surface area (Å²) in [7, 11) is 1.63. The standard InChI is InChI=1S/C20H30N4O2/c1-19(2,3)23-18-20(10-11-24(14-20)17(25)9-12-26-4)21-13-15-7-5-6-8-16(15)22-18/h5-8,21H,9-14H2,1-4H3,(H,22,23). The minimum Gasteiger partial charge on any atom is -0.384 e. The molecule has 26 heavy (non-hydrogen) atoms. The lowest BCUT2D eigenvalue weighted by Crippen LogP contribution is -2.56. The number of amidine groups is 1. The second-order valence-corrected chi connectivity index (χ2v) is 8.16. The lowest BCUT2D eigenvalue weighted by Gasteiger charge is -2.32. The smallest absolute Gasteiger partial charge is 0.224 e. The Labute approximate surface area is 156 Å². The number of para-hydroxylation sites is 1. The minimum absolute atomic E-state index is 0.141. The molecule has 2 aliphatic heterocycles. The van der Waals surface area contributed by atoms with Gasteiger partial charge in [0.1, 0.15) is 5.84 Å². The third kappa shape index (κ3) is 4.07. The number of hydrogen-bond acceptors (Lipinski definition) is 4. The molecular weight excluding hydrogens is 328 g/mol. The van der Waals surface area contributed by atoms with Crippen molar-refractivity contribution in [1.82, 2.24) is 10.2 Å². The highest BCUT2D eigenvalue weighted by molar-refractivity contribution is 6.04. The van der Waals surface area contributed by atoms with Gasteiger partial charge < -0.3 is 15.0 Å². The van der Waals surface area contributed by atoms with Crippen LogP contribution in [0.4, 0.5) is 5.69 Å². The lowest BCUT2D eigenvalue weighted by atomic mass is 9.95. The van der Waals surface area contributed by atoms with E-state index in [1.807, 2.05) is 11.0 Å². The average Bonchev–Trinajstić information content (AvgIpc) is 2.96. The quantitative estimate of drug-likeness (QED) is 0.871. The Morgan fingerprint density at radius 2 is 2.12 bits per heavy atom. The zero-order valence-electron chi connectivity index (χ0n) is 16.3. The maximum absolute atomic E-state index is 12.5. The highest BCUT2D eigenvalue weighted by Gasteiger charge is 2.45. The van der Waals surface area contributed by atoms with E-state index in [4.69, 9.17) is 9.73 Å². The van der Waals surface area contributed by atoms with E-state index >= 15 is 0 Å². The van der Waals surface area contributed by atoms with E-state index in [1.54, 1.807) is 7.11 Å². The number of aliphatic imine (C=N–C) groups is 1. The third-order valence-electron chi connectivity index (χ3n) is 4.93. The summed E-state index contributed by atoms with van der Waals surface area (Å²) in [5.41, 5.74) is 1.76. The molecule has 2 N–H and O–H groups in total. The number of anilines is 1.